The largest absolute Gasteiger partial charge is 0.383 e. The van der Waals surface area contributed by atoms with Gasteiger partial charge in [-0.05, 0) is 56.4 Å². The lowest BCUT2D eigenvalue weighted by molar-refractivity contribution is 0.711. The van der Waals surface area contributed by atoms with Crippen LogP contribution in [0.2, 0.25) is 0 Å². The van der Waals surface area contributed by atoms with Gasteiger partial charge in [0, 0.05) is 12.2 Å². The number of nitriles is 1. The first kappa shape index (κ1) is 11.0. The van der Waals surface area contributed by atoms with E-state index in [1.54, 1.807) is 0 Å². The van der Waals surface area contributed by atoms with Gasteiger partial charge >= 0.3 is 0 Å². The molecule has 1 N–H and O–H groups in total. The molecular weight excluding hydrogens is 196 g/mol. The average Bonchev–Trinajstić information content (AvgIpc) is 3.02. The van der Waals surface area contributed by atoms with E-state index < -0.39 is 0 Å². The third-order valence-electron chi connectivity index (χ3n) is 3.55. The molecule has 2 nitrogen and oxygen atoms in total. The maximum atomic E-state index is 9.01. The van der Waals surface area contributed by atoms with Gasteiger partial charge in [-0.1, -0.05) is 6.07 Å². The summed E-state index contributed by atoms with van der Waals surface area (Å²) >= 11 is 0. The molecule has 1 saturated carbocycles. The Kier molecular flexibility index (Phi) is 2.63. The highest BCUT2D eigenvalue weighted by Gasteiger charge is 2.42. The Morgan fingerprint density at radius 3 is 2.38 bits per heavy atom. The number of aryl methyl sites for hydroxylation is 3. The number of rotatable bonds is 3. The van der Waals surface area contributed by atoms with Gasteiger partial charge in [-0.3, -0.25) is 0 Å². The molecule has 16 heavy (non-hydrogen) atoms. The van der Waals surface area contributed by atoms with Gasteiger partial charge < -0.3 is 5.32 Å². The van der Waals surface area contributed by atoms with E-state index >= 15 is 0 Å². The first-order valence-electron chi connectivity index (χ1n) is 5.79. The van der Waals surface area contributed by atoms with Gasteiger partial charge in [0.2, 0.25) is 0 Å². The summed E-state index contributed by atoms with van der Waals surface area (Å²) in [5.41, 5.74) is 4.98. The topological polar surface area (TPSA) is 35.8 Å². The first-order valence-corrected chi connectivity index (χ1v) is 5.79. The zero-order valence-electron chi connectivity index (χ0n) is 10.2. The van der Waals surface area contributed by atoms with Crippen LogP contribution < -0.4 is 5.32 Å². The Balaban J connectivity index is 2.10. The van der Waals surface area contributed by atoms with Crippen LogP contribution in [0.3, 0.4) is 0 Å². The molecule has 2 heteroatoms. The minimum atomic E-state index is -0.0781. The molecule has 0 saturated heterocycles. The van der Waals surface area contributed by atoms with Crippen molar-refractivity contribution >= 4 is 5.69 Å². The standard InChI is InChI=1S/C14H18N2/c1-10-6-12(3)13(7-11(10)2)16-9-14(8-15)4-5-14/h6-7,16H,4-5,9H2,1-3H3. The van der Waals surface area contributed by atoms with Crippen molar-refractivity contribution in [3.05, 3.63) is 28.8 Å². The molecule has 0 atom stereocenters. The van der Waals surface area contributed by atoms with Crippen molar-refractivity contribution in [2.45, 2.75) is 33.6 Å². The maximum Gasteiger partial charge on any atom is 0.0747 e. The van der Waals surface area contributed by atoms with Crippen LogP contribution in [0.5, 0.6) is 0 Å². The maximum absolute atomic E-state index is 9.01. The molecule has 0 spiro atoms. The second-order valence-corrected chi connectivity index (χ2v) is 5.00. The van der Waals surface area contributed by atoms with Gasteiger partial charge in [0.1, 0.15) is 0 Å². The zero-order chi connectivity index (χ0) is 11.8. The van der Waals surface area contributed by atoms with Crippen LogP contribution >= 0.6 is 0 Å². The van der Waals surface area contributed by atoms with E-state index in [0.717, 1.165) is 19.4 Å². The number of hydrogen-bond acceptors (Lipinski definition) is 2. The van der Waals surface area contributed by atoms with Crippen molar-refractivity contribution in [1.82, 2.24) is 0 Å². The summed E-state index contributed by atoms with van der Waals surface area (Å²) in [6.45, 7) is 7.15. The SMILES string of the molecule is Cc1cc(C)c(NCC2(C#N)CC2)cc1C. The molecule has 0 amide bonds. The molecule has 1 aliphatic rings. The van der Waals surface area contributed by atoms with Gasteiger partial charge in [0.15, 0.2) is 0 Å². The lowest BCUT2D eigenvalue weighted by Gasteiger charge is -2.14. The van der Waals surface area contributed by atoms with Gasteiger partial charge in [-0.2, -0.15) is 5.26 Å². The van der Waals surface area contributed by atoms with E-state index in [-0.39, 0.29) is 5.41 Å². The van der Waals surface area contributed by atoms with E-state index in [0.29, 0.717) is 0 Å². The fraction of sp³-hybridized carbons (Fsp3) is 0.500. The van der Waals surface area contributed by atoms with E-state index in [1.165, 1.54) is 22.4 Å². The number of anilines is 1. The third kappa shape index (κ3) is 2.04. The molecule has 0 aliphatic heterocycles. The zero-order valence-corrected chi connectivity index (χ0v) is 10.2. The predicted molar refractivity (Wildman–Crippen MR) is 66.4 cm³/mol. The van der Waals surface area contributed by atoms with Crippen molar-refractivity contribution in [1.29, 1.82) is 5.26 Å². The number of benzene rings is 1. The van der Waals surface area contributed by atoms with Crippen LogP contribution in [-0.4, -0.2) is 6.54 Å². The fourth-order valence-corrected chi connectivity index (χ4v) is 1.89. The van der Waals surface area contributed by atoms with Crippen LogP contribution in [0.4, 0.5) is 5.69 Å². The monoisotopic (exact) mass is 214 g/mol. The average molecular weight is 214 g/mol. The van der Waals surface area contributed by atoms with E-state index in [4.69, 9.17) is 5.26 Å². The minimum absolute atomic E-state index is 0.0781. The van der Waals surface area contributed by atoms with Gasteiger partial charge in [-0.25, -0.2) is 0 Å². The second-order valence-electron chi connectivity index (χ2n) is 5.00. The van der Waals surface area contributed by atoms with Crippen molar-refractivity contribution in [3.8, 4) is 6.07 Å². The lowest BCUT2D eigenvalue weighted by Crippen LogP contribution is -2.14. The number of nitrogens with zero attached hydrogens (tertiary/aromatic N) is 1. The van der Waals surface area contributed by atoms with Gasteiger partial charge in [-0.15, -0.1) is 0 Å². The minimum Gasteiger partial charge on any atom is -0.383 e. The molecule has 0 unspecified atom stereocenters. The Labute approximate surface area is 97.3 Å². The molecule has 1 fully saturated rings. The summed E-state index contributed by atoms with van der Waals surface area (Å²) in [5.74, 6) is 0. The third-order valence-corrected chi connectivity index (χ3v) is 3.55. The van der Waals surface area contributed by atoms with Crippen molar-refractivity contribution < 1.29 is 0 Å². The Hall–Kier alpha value is -1.49. The Morgan fingerprint density at radius 2 is 1.81 bits per heavy atom. The molecule has 1 aromatic rings. The molecule has 0 aromatic heterocycles. The summed E-state index contributed by atoms with van der Waals surface area (Å²) < 4.78 is 0. The highest BCUT2D eigenvalue weighted by Crippen LogP contribution is 2.44. The highest BCUT2D eigenvalue weighted by molar-refractivity contribution is 5.55. The van der Waals surface area contributed by atoms with E-state index in [2.05, 4.69) is 44.3 Å². The quantitative estimate of drug-likeness (QED) is 0.837. The first-order chi connectivity index (χ1) is 7.56. The molecule has 2 rings (SSSR count). The van der Waals surface area contributed by atoms with Crippen molar-refractivity contribution in [3.63, 3.8) is 0 Å². The molecule has 84 valence electrons. The van der Waals surface area contributed by atoms with Gasteiger partial charge in [0.25, 0.3) is 0 Å². The highest BCUT2D eigenvalue weighted by atomic mass is 14.9. The summed E-state index contributed by atoms with van der Waals surface area (Å²) in [6, 6.07) is 6.78. The lowest BCUT2D eigenvalue weighted by atomic mass is 10.0. The Morgan fingerprint density at radius 1 is 1.19 bits per heavy atom. The predicted octanol–water partition coefficient (Wildman–Crippen LogP) is 3.33. The second kappa shape index (κ2) is 3.83. The van der Waals surface area contributed by atoms with Crippen LogP contribution in [0.25, 0.3) is 0 Å². The molecule has 0 bridgehead atoms. The van der Waals surface area contributed by atoms with E-state index in [1.807, 2.05) is 0 Å². The van der Waals surface area contributed by atoms with Crippen molar-refractivity contribution in [2.75, 3.05) is 11.9 Å². The van der Waals surface area contributed by atoms with Gasteiger partial charge in [0.05, 0.1) is 11.5 Å². The summed E-state index contributed by atoms with van der Waals surface area (Å²) in [7, 11) is 0. The molecule has 0 radical (unpaired) electrons. The molecular formula is C14H18N2. The fourth-order valence-electron chi connectivity index (χ4n) is 1.89. The summed E-state index contributed by atoms with van der Waals surface area (Å²) in [6.07, 6.45) is 2.08. The van der Waals surface area contributed by atoms with Crippen LogP contribution in [-0.2, 0) is 0 Å². The van der Waals surface area contributed by atoms with Crippen LogP contribution in [0, 0.1) is 37.5 Å². The summed E-state index contributed by atoms with van der Waals surface area (Å²) in [5, 5.41) is 12.4. The van der Waals surface area contributed by atoms with E-state index in [9.17, 15) is 0 Å². The van der Waals surface area contributed by atoms with Crippen LogP contribution in [0.15, 0.2) is 12.1 Å². The molecule has 1 aromatic carbocycles. The summed E-state index contributed by atoms with van der Waals surface area (Å²) in [4.78, 5) is 0. The Bertz CT molecular complexity index is 451. The molecule has 1 aliphatic carbocycles. The van der Waals surface area contributed by atoms with Crippen molar-refractivity contribution in [2.24, 2.45) is 5.41 Å². The smallest absolute Gasteiger partial charge is 0.0747 e. The number of hydrogen-bond donors (Lipinski definition) is 1. The van der Waals surface area contributed by atoms with Crippen LogP contribution in [0.1, 0.15) is 29.5 Å². The molecule has 0 heterocycles. The normalized spacial score (nSPS) is 16.6. The number of nitrogens with one attached hydrogen (secondary N) is 1.